The van der Waals surface area contributed by atoms with Gasteiger partial charge in [0.15, 0.2) is 0 Å². The second-order valence-electron chi connectivity index (χ2n) is 4.71. The Morgan fingerprint density at radius 3 is 2.38 bits per heavy atom. The summed E-state index contributed by atoms with van der Waals surface area (Å²) in [6, 6.07) is -0.208. The molecule has 76 valence electrons. The van der Waals surface area contributed by atoms with E-state index in [0.717, 1.165) is 25.8 Å². The van der Waals surface area contributed by atoms with Crippen molar-refractivity contribution < 1.29 is 9.90 Å². The van der Waals surface area contributed by atoms with Gasteiger partial charge in [0.1, 0.15) is 14.3 Å². The van der Waals surface area contributed by atoms with E-state index in [2.05, 4.69) is 24.2 Å². The van der Waals surface area contributed by atoms with Crippen LogP contribution in [-0.4, -0.2) is 36.5 Å². The summed E-state index contributed by atoms with van der Waals surface area (Å²) in [5.74, 6) is -0.637. The summed E-state index contributed by atoms with van der Waals surface area (Å²) in [6.07, 6.45) is 3.06. The molecule has 0 radical (unpaired) electrons. The number of piperidine rings is 1. The summed E-state index contributed by atoms with van der Waals surface area (Å²) in [5, 5.41) is 9.05. The van der Waals surface area contributed by atoms with E-state index >= 15 is 0 Å². The first-order valence-corrected chi connectivity index (χ1v) is 8.37. The second kappa shape index (κ2) is 3.80. The zero-order chi connectivity index (χ0) is 10.1. The number of hydrogen-bond donors (Lipinski definition) is 1. The van der Waals surface area contributed by atoms with E-state index in [-0.39, 0.29) is 6.04 Å². The van der Waals surface area contributed by atoms with Crippen molar-refractivity contribution in [2.24, 2.45) is 0 Å². The predicted molar refractivity (Wildman–Crippen MR) is 55.3 cm³/mol. The average Bonchev–Trinajstić information content (AvgIpc) is 2.03. The third kappa shape index (κ3) is 2.54. The van der Waals surface area contributed by atoms with Crippen molar-refractivity contribution in [1.29, 1.82) is 0 Å². The molecular formula is C9H19NO2Si. The summed E-state index contributed by atoms with van der Waals surface area (Å²) in [7, 11) is -1.43. The molecule has 0 bridgehead atoms. The topological polar surface area (TPSA) is 40.5 Å². The van der Waals surface area contributed by atoms with Crippen LogP contribution in [0.25, 0.3) is 0 Å². The van der Waals surface area contributed by atoms with Crippen molar-refractivity contribution in [1.82, 2.24) is 4.57 Å². The third-order valence-corrected chi connectivity index (χ3v) is 4.91. The Morgan fingerprint density at radius 2 is 2.00 bits per heavy atom. The summed E-state index contributed by atoms with van der Waals surface area (Å²) in [6.45, 7) is 7.63. The second-order valence-corrected chi connectivity index (χ2v) is 9.63. The van der Waals surface area contributed by atoms with Crippen LogP contribution in [0.1, 0.15) is 19.3 Å². The van der Waals surface area contributed by atoms with Crippen molar-refractivity contribution >= 4 is 14.2 Å². The quantitative estimate of drug-likeness (QED) is 0.692. The largest absolute Gasteiger partial charge is 0.480 e. The fourth-order valence-electron chi connectivity index (χ4n) is 1.99. The fourth-order valence-corrected chi connectivity index (χ4v) is 3.99. The van der Waals surface area contributed by atoms with Gasteiger partial charge in [0, 0.05) is 0 Å². The monoisotopic (exact) mass is 201 g/mol. The molecule has 1 aliphatic rings. The molecule has 0 aromatic carbocycles. The summed E-state index contributed by atoms with van der Waals surface area (Å²) in [4.78, 5) is 11.0. The van der Waals surface area contributed by atoms with Crippen LogP contribution < -0.4 is 0 Å². The van der Waals surface area contributed by atoms with Gasteiger partial charge in [-0.1, -0.05) is 26.1 Å². The molecule has 13 heavy (non-hydrogen) atoms. The van der Waals surface area contributed by atoms with Gasteiger partial charge in [-0.2, -0.15) is 0 Å². The smallest absolute Gasteiger partial charge is 0.320 e. The van der Waals surface area contributed by atoms with Gasteiger partial charge in [0.25, 0.3) is 0 Å². The van der Waals surface area contributed by atoms with Gasteiger partial charge in [0.2, 0.25) is 0 Å². The van der Waals surface area contributed by atoms with Gasteiger partial charge in [-0.25, -0.2) is 0 Å². The highest BCUT2D eigenvalue weighted by Crippen LogP contribution is 2.23. The van der Waals surface area contributed by atoms with E-state index in [1.165, 1.54) is 0 Å². The molecule has 0 unspecified atom stereocenters. The highest BCUT2D eigenvalue weighted by atomic mass is 28.3. The maximum Gasteiger partial charge on any atom is 0.320 e. The number of rotatable bonds is 2. The molecule has 1 atom stereocenters. The van der Waals surface area contributed by atoms with Gasteiger partial charge < -0.3 is 9.67 Å². The van der Waals surface area contributed by atoms with E-state index in [1.54, 1.807) is 0 Å². The van der Waals surface area contributed by atoms with Crippen LogP contribution in [0.15, 0.2) is 0 Å². The van der Waals surface area contributed by atoms with Crippen LogP contribution in [-0.2, 0) is 4.79 Å². The molecule has 0 aromatic rings. The van der Waals surface area contributed by atoms with Crippen molar-refractivity contribution in [2.45, 2.75) is 44.9 Å². The predicted octanol–water partition coefficient (Wildman–Crippen LogP) is 1.76. The highest BCUT2D eigenvalue weighted by molar-refractivity contribution is 6.73. The molecule has 3 nitrogen and oxygen atoms in total. The molecule has 4 heteroatoms. The molecule has 1 rings (SSSR count). The molecule has 1 aliphatic heterocycles. The van der Waals surface area contributed by atoms with Gasteiger partial charge >= 0.3 is 5.97 Å². The minimum absolute atomic E-state index is 0.208. The van der Waals surface area contributed by atoms with Gasteiger partial charge in [-0.05, 0) is 19.4 Å². The Morgan fingerprint density at radius 1 is 1.38 bits per heavy atom. The van der Waals surface area contributed by atoms with E-state index in [4.69, 9.17) is 5.11 Å². The number of carboxylic acid groups (broad SMARTS) is 1. The third-order valence-electron chi connectivity index (χ3n) is 2.65. The Labute approximate surface area is 80.8 Å². The first kappa shape index (κ1) is 10.7. The lowest BCUT2D eigenvalue weighted by atomic mass is 10.1. The molecule has 0 saturated carbocycles. The van der Waals surface area contributed by atoms with Crippen LogP contribution in [0, 0.1) is 0 Å². The van der Waals surface area contributed by atoms with E-state index < -0.39 is 14.2 Å². The number of nitrogens with zero attached hydrogens (tertiary/aromatic N) is 1. The standard InChI is InChI=1S/C9H19NO2Si/c1-13(2,3)10-7-5-4-6-8(10)9(11)12/h8H,4-7H2,1-3H3,(H,11,12)/t8-/m0/s1. The molecule has 1 heterocycles. The van der Waals surface area contributed by atoms with Crippen LogP contribution in [0.4, 0.5) is 0 Å². The summed E-state index contributed by atoms with van der Waals surface area (Å²) < 4.78 is 2.23. The number of carbonyl (C=O) groups is 1. The van der Waals surface area contributed by atoms with Crippen molar-refractivity contribution in [3.8, 4) is 0 Å². The Hall–Kier alpha value is -0.353. The zero-order valence-corrected chi connectivity index (χ0v) is 9.71. The molecular weight excluding hydrogens is 182 g/mol. The SMILES string of the molecule is C[Si](C)(C)N1CCCC[C@H]1C(=O)O. The summed E-state index contributed by atoms with van der Waals surface area (Å²) >= 11 is 0. The van der Waals surface area contributed by atoms with Crippen LogP contribution in [0.5, 0.6) is 0 Å². The Kier molecular flexibility index (Phi) is 3.13. The van der Waals surface area contributed by atoms with Gasteiger partial charge in [-0.3, -0.25) is 4.79 Å². The normalized spacial score (nSPS) is 25.9. The molecule has 0 amide bonds. The number of hydrogen-bond acceptors (Lipinski definition) is 2. The summed E-state index contributed by atoms with van der Waals surface area (Å²) in [5.41, 5.74) is 0. The first-order valence-electron chi connectivity index (χ1n) is 4.92. The lowest BCUT2D eigenvalue weighted by molar-refractivity contribution is -0.142. The molecule has 0 aromatic heterocycles. The molecule has 0 spiro atoms. The molecule has 1 fully saturated rings. The highest BCUT2D eigenvalue weighted by Gasteiger charge is 2.36. The lowest BCUT2D eigenvalue weighted by Crippen LogP contribution is -2.56. The Balaban J connectivity index is 2.73. The minimum Gasteiger partial charge on any atom is -0.480 e. The minimum atomic E-state index is -1.43. The first-order chi connectivity index (χ1) is 5.93. The van der Waals surface area contributed by atoms with E-state index in [0.29, 0.717) is 0 Å². The number of aliphatic carboxylic acids is 1. The van der Waals surface area contributed by atoms with Gasteiger partial charge in [0.05, 0.1) is 0 Å². The van der Waals surface area contributed by atoms with E-state index in [9.17, 15) is 4.79 Å². The maximum absolute atomic E-state index is 11.0. The van der Waals surface area contributed by atoms with Crippen molar-refractivity contribution in [2.75, 3.05) is 6.54 Å². The van der Waals surface area contributed by atoms with Crippen LogP contribution in [0.3, 0.4) is 0 Å². The van der Waals surface area contributed by atoms with Crippen molar-refractivity contribution in [3.05, 3.63) is 0 Å². The number of carboxylic acids is 1. The maximum atomic E-state index is 11.0. The fraction of sp³-hybridized carbons (Fsp3) is 0.889. The molecule has 1 N–H and O–H groups in total. The Bertz CT molecular complexity index is 200. The van der Waals surface area contributed by atoms with Crippen LogP contribution in [0.2, 0.25) is 19.6 Å². The van der Waals surface area contributed by atoms with Crippen molar-refractivity contribution in [3.63, 3.8) is 0 Å². The average molecular weight is 201 g/mol. The molecule has 0 aliphatic carbocycles. The van der Waals surface area contributed by atoms with Crippen LogP contribution >= 0.6 is 0 Å². The van der Waals surface area contributed by atoms with Gasteiger partial charge in [-0.15, -0.1) is 0 Å². The zero-order valence-electron chi connectivity index (χ0n) is 8.71. The molecule has 1 saturated heterocycles. The lowest BCUT2D eigenvalue weighted by Gasteiger charge is -2.41. The van der Waals surface area contributed by atoms with E-state index in [1.807, 2.05) is 0 Å².